The number of carbonyl (C=O) groups is 1. The van der Waals surface area contributed by atoms with Crippen LogP contribution in [0.25, 0.3) is 10.2 Å². The molecule has 0 atom stereocenters. The van der Waals surface area contributed by atoms with Gasteiger partial charge in [0.25, 0.3) is 5.91 Å². The summed E-state index contributed by atoms with van der Waals surface area (Å²) in [5, 5.41) is 0.378. The highest BCUT2D eigenvalue weighted by molar-refractivity contribution is 7.22. The monoisotopic (exact) mass is 489 g/mol. The fourth-order valence-electron chi connectivity index (χ4n) is 2.97. The summed E-state index contributed by atoms with van der Waals surface area (Å²) < 4.78 is 52.7. The zero-order valence-corrected chi connectivity index (χ0v) is 18.6. The van der Waals surface area contributed by atoms with Crippen molar-refractivity contribution in [2.24, 2.45) is 0 Å². The highest BCUT2D eigenvalue weighted by Crippen LogP contribution is 2.36. The molecule has 0 saturated carbocycles. The van der Waals surface area contributed by atoms with E-state index in [-0.39, 0.29) is 30.9 Å². The summed E-state index contributed by atoms with van der Waals surface area (Å²) in [5.74, 6) is 0.410. The fraction of sp³-hybridized carbons (Fsp3) is 0.300. The van der Waals surface area contributed by atoms with Crippen molar-refractivity contribution in [2.45, 2.75) is 6.36 Å². The number of aromatic nitrogens is 1. The first kappa shape index (κ1) is 23.9. The molecule has 3 aromatic rings. The van der Waals surface area contributed by atoms with Crippen LogP contribution in [0.1, 0.15) is 10.4 Å². The van der Waals surface area contributed by atoms with Crippen LogP contribution in [0, 0.1) is 0 Å². The van der Waals surface area contributed by atoms with Gasteiger partial charge in [0.2, 0.25) is 6.79 Å². The highest BCUT2D eigenvalue weighted by Gasteiger charge is 2.31. The van der Waals surface area contributed by atoms with Gasteiger partial charge in [0.15, 0.2) is 16.6 Å². The summed E-state index contributed by atoms with van der Waals surface area (Å²) >= 11 is 1.12. The van der Waals surface area contributed by atoms with Crippen LogP contribution in [0.4, 0.5) is 18.3 Å². The van der Waals surface area contributed by atoms with Gasteiger partial charge < -0.3 is 19.1 Å². The number of benzene rings is 2. The number of thiazole rings is 1. The Balaban J connectivity index is 0.00000289. The summed E-state index contributed by atoms with van der Waals surface area (Å²) in [7, 11) is 3.75. The number of ether oxygens (including phenoxy) is 3. The average Bonchev–Trinajstić information content (AvgIpc) is 3.32. The van der Waals surface area contributed by atoms with Crippen molar-refractivity contribution in [3.8, 4) is 17.2 Å². The second-order valence-corrected chi connectivity index (χ2v) is 8.01. The van der Waals surface area contributed by atoms with E-state index in [1.54, 1.807) is 18.2 Å². The molecule has 0 spiro atoms. The van der Waals surface area contributed by atoms with E-state index in [0.717, 1.165) is 11.3 Å². The molecule has 7 nitrogen and oxygen atoms in total. The summed E-state index contributed by atoms with van der Waals surface area (Å²) in [6.07, 6.45) is -4.78. The normalized spacial score (nSPS) is 12.7. The summed E-state index contributed by atoms with van der Waals surface area (Å²) in [4.78, 5) is 21.2. The van der Waals surface area contributed by atoms with E-state index in [0.29, 0.717) is 45.5 Å². The Hall–Kier alpha value is -2.76. The smallest absolute Gasteiger partial charge is 0.454 e. The van der Waals surface area contributed by atoms with Gasteiger partial charge >= 0.3 is 6.36 Å². The molecule has 0 fully saturated rings. The quantitative estimate of drug-likeness (QED) is 0.506. The first-order valence-corrected chi connectivity index (χ1v) is 10.0. The second kappa shape index (κ2) is 9.39. The molecule has 0 bridgehead atoms. The zero-order valence-electron chi connectivity index (χ0n) is 17.0. The molecular weight excluding hydrogens is 471 g/mol. The van der Waals surface area contributed by atoms with Crippen LogP contribution in [0.2, 0.25) is 0 Å². The molecule has 172 valence electrons. The number of hydrogen-bond acceptors (Lipinski definition) is 7. The van der Waals surface area contributed by atoms with Crippen molar-refractivity contribution in [1.82, 2.24) is 9.88 Å². The van der Waals surface area contributed by atoms with Crippen LogP contribution in [0.3, 0.4) is 0 Å². The standard InChI is InChI=1S/C20H18F3N3O4S.ClH/c1-25(2)7-8-26(18(27)12-3-6-15-16(9-12)29-11-28-15)19-24-14-5-4-13(10-17(14)31-19)30-20(21,22)23;/h3-6,9-10H,7-8,11H2,1-2H3;1H. The lowest BCUT2D eigenvalue weighted by molar-refractivity contribution is -0.274. The second-order valence-electron chi connectivity index (χ2n) is 7.00. The number of halogens is 4. The van der Waals surface area contributed by atoms with Gasteiger partial charge in [-0.2, -0.15) is 0 Å². The Morgan fingerprint density at radius 2 is 1.88 bits per heavy atom. The summed E-state index contributed by atoms with van der Waals surface area (Å²) in [5.41, 5.74) is 0.867. The Bertz CT molecular complexity index is 1120. The van der Waals surface area contributed by atoms with Crippen molar-refractivity contribution < 1.29 is 32.2 Å². The number of fused-ring (bicyclic) bond motifs is 2. The van der Waals surface area contributed by atoms with E-state index >= 15 is 0 Å². The third kappa shape index (κ3) is 5.34. The average molecular weight is 490 g/mol. The van der Waals surface area contributed by atoms with E-state index < -0.39 is 6.36 Å². The first-order chi connectivity index (χ1) is 14.7. The number of likely N-dealkylation sites (N-methyl/N-ethyl adjacent to an activating group) is 1. The third-order valence-corrected chi connectivity index (χ3v) is 5.49. The molecule has 0 unspecified atom stereocenters. The van der Waals surface area contributed by atoms with Crippen LogP contribution < -0.4 is 19.1 Å². The number of anilines is 1. The summed E-state index contributed by atoms with van der Waals surface area (Å²) in [6, 6.07) is 8.81. The highest BCUT2D eigenvalue weighted by atomic mass is 35.5. The van der Waals surface area contributed by atoms with Gasteiger partial charge in [-0.05, 0) is 44.4 Å². The molecule has 0 radical (unpaired) electrons. The molecule has 4 rings (SSSR count). The zero-order chi connectivity index (χ0) is 22.2. The van der Waals surface area contributed by atoms with Crippen molar-refractivity contribution in [3.63, 3.8) is 0 Å². The Morgan fingerprint density at radius 1 is 1.12 bits per heavy atom. The van der Waals surface area contributed by atoms with E-state index in [9.17, 15) is 18.0 Å². The minimum Gasteiger partial charge on any atom is -0.454 e. The van der Waals surface area contributed by atoms with Crippen LogP contribution in [0.5, 0.6) is 17.2 Å². The van der Waals surface area contributed by atoms with Gasteiger partial charge in [-0.25, -0.2) is 4.98 Å². The van der Waals surface area contributed by atoms with Crippen LogP contribution in [0.15, 0.2) is 36.4 Å². The van der Waals surface area contributed by atoms with Crippen molar-refractivity contribution in [1.29, 1.82) is 0 Å². The van der Waals surface area contributed by atoms with Gasteiger partial charge in [0.05, 0.1) is 10.2 Å². The first-order valence-electron chi connectivity index (χ1n) is 9.22. The van der Waals surface area contributed by atoms with Crippen molar-refractivity contribution in [2.75, 3.05) is 38.9 Å². The van der Waals surface area contributed by atoms with Crippen molar-refractivity contribution in [3.05, 3.63) is 42.0 Å². The number of rotatable bonds is 6. The van der Waals surface area contributed by atoms with Crippen LogP contribution >= 0.6 is 23.7 Å². The predicted octanol–water partition coefficient (Wildman–Crippen LogP) is 4.55. The largest absolute Gasteiger partial charge is 0.573 e. The van der Waals surface area contributed by atoms with Crippen LogP contribution in [-0.4, -0.2) is 56.1 Å². The van der Waals surface area contributed by atoms with Gasteiger partial charge in [0, 0.05) is 24.7 Å². The Labute approximate surface area is 191 Å². The SMILES string of the molecule is CN(C)CCN(C(=O)c1ccc2c(c1)OCO2)c1nc2ccc(OC(F)(F)F)cc2s1.Cl. The molecular formula is C20H19ClF3N3O4S. The number of amides is 1. The molecule has 2 aromatic carbocycles. The van der Waals surface area contributed by atoms with Gasteiger partial charge in [-0.3, -0.25) is 9.69 Å². The third-order valence-electron chi connectivity index (χ3n) is 4.45. The molecule has 32 heavy (non-hydrogen) atoms. The van der Waals surface area contributed by atoms with Gasteiger partial charge in [-0.1, -0.05) is 11.3 Å². The maximum atomic E-state index is 13.3. The maximum Gasteiger partial charge on any atom is 0.573 e. The van der Waals surface area contributed by atoms with Gasteiger partial charge in [0.1, 0.15) is 5.75 Å². The minimum absolute atomic E-state index is 0. The Morgan fingerprint density at radius 3 is 2.59 bits per heavy atom. The van der Waals surface area contributed by atoms with E-state index in [1.165, 1.54) is 23.1 Å². The van der Waals surface area contributed by atoms with E-state index in [1.807, 2.05) is 19.0 Å². The molecule has 1 aliphatic rings. The molecule has 12 heteroatoms. The minimum atomic E-state index is -4.78. The molecule has 1 aromatic heterocycles. The molecule has 1 amide bonds. The number of hydrogen-bond donors (Lipinski definition) is 0. The molecule has 0 saturated heterocycles. The number of alkyl halides is 3. The van der Waals surface area contributed by atoms with Gasteiger partial charge in [-0.15, -0.1) is 25.6 Å². The lowest BCUT2D eigenvalue weighted by Crippen LogP contribution is -2.36. The van der Waals surface area contributed by atoms with Crippen LogP contribution in [-0.2, 0) is 0 Å². The number of nitrogens with zero attached hydrogens (tertiary/aromatic N) is 3. The summed E-state index contributed by atoms with van der Waals surface area (Å²) in [6.45, 7) is 0.998. The lowest BCUT2D eigenvalue weighted by atomic mass is 10.2. The topological polar surface area (TPSA) is 64.1 Å². The fourth-order valence-corrected chi connectivity index (χ4v) is 3.99. The lowest BCUT2D eigenvalue weighted by Gasteiger charge is -2.22. The molecule has 0 N–H and O–H groups in total. The maximum absolute atomic E-state index is 13.3. The molecule has 0 aliphatic carbocycles. The van der Waals surface area contributed by atoms with E-state index in [4.69, 9.17) is 9.47 Å². The van der Waals surface area contributed by atoms with E-state index in [2.05, 4.69) is 9.72 Å². The van der Waals surface area contributed by atoms with Crippen molar-refractivity contribution >= 4 is 45.0 Å². The predicted molar refractivity (Wildman–Crippen MR) is 116 cm³/mol. The Kier molecular flexibility index (Phi) is 7.01. The molecule has 2 heterocycles. The molecule has 1 aliphatic heterocycles. The number of carbonyl (C=O) groups excluding carboxylic acids is 1.